The predicted octanol–water partition coefficient (Wildman–Crippen LogP) is 4.74. The maximum atomic E-state index is 12.3. The van der Waals surface area contributed by atoms with Crippen LogP contribution in [0.15, 0.2) is 78.9 Å². The van der Waals surface area contributed by atoms with Gasteiger partial charge >= 0.3 is 0 Å². The Morgan fingerprint density at radius 3 is 2.30 bits per heavy atom. The van der Waals surface area contributed by atoms with Gasteiger partial charge in [-0.15, -0.1) is 0 Å². The number of carbonyl (C=O) groups excluding carboxylic acids is 1. The number of carbonyl (C=O) groups is 1. The lowest BCUT2D eigenvalue weighted by Crippen LogP contribution is -1.95. The van der Waals surface area contributed by atoms with E-state index in [4.69, 9.17) is 0 Å². The first kappa shape index (κ1) is 12.4. The molecule has 0 amide bonds. The zero-order valence-corrected chi connectivity index (χ0v) is 11.0. The number of benzene rings is 3. The van der Waals surface area contributed by atoms with Gasteiger partial charge in [0.1, 0.15) is 0 Å². The van der Waals surface area contributed by atoms with E-state index in [0.29, 0.717) is 0 Å². The Balaban J connectivity index is 1.95. The summed E-state index contributed by atoms with van der Waals surface area (Å²) in [6.07, 6.45) is 3.49. The molecule has 0 spiro atoms. The van der Waals surface area contributed by atoms with Gasteiger partial charge in [0.05, 0.1) is 0 Å². The molecule has 1 heteroatoms. The lowest BCUT2D eigenvalue weighted by molar-refractivity contribution is 0.104. The Morgan fingerprint density at radius 2 is 1.45 bits per heavy atom. The second kappa shape index (κ2) is 5.54. The number of hydrogen-bond donors (Lipinski definition) is 0. The Kier molecular flexibility index (Phi) is 3.42. The van der Waals surface area contributed by atoms with Gasteiger partial charge in [-0.2, -0.15) is 0 Å². The molecule has 0 saturated carbocycles. The van der Waals surface area contributed by atoms with Crippen molar-refractivity contribution >= 4 is 22.6 Å². The van der Waals surface area contributed by atoms with Crippen molar-refractivity contribution in [2.24, 2.45) is 0 Å². The highest BCUT2D eigenvalue weighted by atomic mass is 16.1. The zero-order chi connectivity index (χ0) is 13.8. The normalized spacial score (nSPS) is 11.0. The summed E-state index contributed by atoms with van der Waals surface area (Å²) in [5.41, 5.74) is 1.77. The van der Waals surface area contributed by atoms with Crippen LogP contribution in [0.25, 0.3) is 16.8 Å². The smallest absolute Gasteiger partial charge is 0.186 e. The van der Waals surface area contributed by atoms with Crippen molar-refractivity contribution in [1.82, 2.24) is 0 Å². The fraction of sp³-hybridized carbons (Fsp3) is 0. The maximum absolute atomic E-state index is 12.3. The van der Waals surface area contributed by atoms with Gasteiger partial charge in [0, 0.05) is 5.56 Å². The van der Waals surface area contributed by atoms with Crippen LogP contribution in [-0.4, -0.2) is 5.78 Å². The third kappa shape index (κ3) is 2.52. The molecular formula is C19H14O. The Hall–Kier alpha value is -2.67. The average Bonchev–Trinajstić information content (AvgIpc) is 2.53. The highest BCUT2D eigenvalue weighted by Gasteiger charge is 2.06. The summed E-state index contributed by atoms with van der Waals surface area (Å²) >= 11 is 0. The molecule has 0 fully saturated rings. The quantitative estimate of drug-likeness (QED) is 0.490. The van der Waals surface area contributed by atoms with E-state index in [2.05, 4.69) is 0 Å². The van der Waals surface area contributed by atoms with Crippen molar-refractivity contribution in [2.75, 3.05) is 0 Å². The summed E-state index contributed by atoms with van der Waals surface area (Å²) in [5.74, 6) is 0.0330. The SMILES string of the molecule is O=C(C=Cc1ccccc1)c1cccc2ccccc12. The Labute approximate surface area is 118 Å². The zero-order valence-electron chi connectivity index (χ0n) is 11.0. The molecule has 0 saturated heterocycles. The third-order valence-corrected chi connectivity index (χ3v) is 3.28. The molecule has 0 aliphatic carbocycles. The highest BCUT2D eigenvalue weighted by molar-refractivity contribution is 6.14. The van der Waals surface area contributed by atoms with Gasteiger partial charge in [-0.1, -0.05) is 78.9 Å². The van der Waals surface area contributed by atoms with Crippen molar-refractivity contribution in [3.63, 3.8) is 0 Å². The standard InChI is InChI=1S/C19H14O/c20-19(14-13-15-7-2-1-3-8-15)18-12-6-10-16-9-4-5-11-17(16)18/h1-14H. The van der Waals surface area contributed by atoms with Gasteiger partial charge in [-0.05, 0) is 22.4 Å². The van der Waals surface area contributed by atoms with Crippen LogP contribution in [0.3, 0.4) is 0 Å². The van der Waals surface area contributed by atoms with E-state index >= 15 is 0 Å². The van der Waals surface area contributed by atoms with E-state index in [9.17, 15) is 4.79 Å². The molecule has 1 nitrogen and oxygen atoms in total. The van der Waals surface area contributed by atoms with Crippen LogP contribution in [0.5, 0.6) is 0 Å². The largest absolute Gasteiger partial charge is 0.289 e. The van der Waals surface area contributed by atoms with Crippen LogP contribution in [0.4, 0.5) is 0 Å². The monoisotopic (exact) mass is 258 g/mol. The van der Waals surface area contributed by atoms with Crippen LogP contribution >= 0.6 is 0 Å². The van der Waals surface area contributed by atoms with Crippen LogP contribution in [-0.2, 0) is 0 Å². The molecular weight excluding hydrogens is 244 g/mol. The minimum Gasteiger partial charge on any atom is -0.289 e. The van der Waals surface area contributed by atoms with E-state index in [1.807, 2.05) is 78.9 Å². The van der Waals surface area contributed by atoms with E-state index in [0.717, 1.165) is 21.9 Å². The fourth-order valence-corrected chi connectivity index (χ4v) is 2.27. The molecule has 0 aromatic heterocycles. The second-order valence-electron chi connectivity index (χ2n) is 4.63. The molecule has 0 N–H and O–H groups in total. The summed E-state index contributed by atoms with van der Waals surface area (Å²) < 4.78 is 0. The number of ketones is 1. The molecule has 0 bridgehead atoms. The van der Waals surface area contributed by atoms with Crippen LogP contribution in [0.2, 0.25) is 0 Å². The fourth-order valence-electron chi connectivity index (χ4n) is 2.27. The van der Waals surface area contributed by atoms with Crippen molar-refractivity contribution < 1.29 is 4.79 Å². The second-order valence-corrected chi connectivity index (χ2v) is 4.63. The Bertz CT molecular complexity index is 765. The van der Waals surface area contributed by atoms with E-state index in [-0.39, 0.29) is 5.78 Å². The average molecular weight is 258 g/mol. The minimum absolute atomic E-state index is 0.0330. The van der Waals surface area contributed by atoms with E-state index < -0.39 is 0 Å². The number of fused-ring (bicyclic) bond motifs is 1. The lowest BCUT2D eigenvalue weighted by Gasteiger charge is -2.02. The summed E-state index contributed by atoms with van der Waals surface area (Å²) in [4.78, 5) is 12.3. The van der Waals surface area contributed by atoms with Crippen molar-refractivity contribution in [1.29, 1.82) is 0 Å². The highest BCUT2D eigenvalue weighted by Crippen LogP contribution is 2.19. The van der Waals surface area contributed by atoms with Crippen molar-refractivity contribution in [3.8, 4) is 0 Å². The molecule has 96 valence electrons. The predicted molar refractivity (Wildman–Crippen MR) is 83.8 cm³/mol. The van der Waals surface area contributed by atoms with Crippen molar-refractivity contribution in [2.45, 2.75) is 0 Å². The number of rotatable bonds is 3. The first-order valence-electron chi connectivity index (χ1n) is 6.60. The van der Waals surface area contributed by atoms with Crippen LogP contribution < -0.4 is 0 Å². The first-order chi connectivity index (χ1) is 9.84. The molecule has 0 unspecified atom stereocenters. The van der Waals surface area contributed by atoms with Gasteiger partial charge in [0.2, 0.25) is 0 Å². The van der Waals surface area contributed by atoms with Gasteiger partial charge < -0.3 is 0 Å². The molecule has 3 aromatic rings. The summed E-state index contributed by atoms with van der Waals surface area (Å²) in [5, 5.41) is 2.09. The summed E-state index contributed by atoms with van der Waals surface area (Å²) in [6, 6.07) is 23.6. The van der Waals surface area contributed by atoms with Gasteiger partial charge in [-0.25, -0.2) is 0 Å². The van der Waals surface area contributed by atoms with Crippen molar-refractivity contribution in [3.05, 3.63) is 90.0 Å². The number of hydrogen-bond acceptors (Lipinski definition) is 1. The van der Waals surface area contributed by atoms with E-state index in [1.165, 1.54) is 0 Å². The van der Waals surface area contributed by atoms with Crippen LogP contribution in [0.1, 0.15) is 15.9 Å². The molecule has 3 rings (SSSR count). The Morgan fingerprint density at radius 1 is 0.750 bits per heavy atom. The molecule has 0 aliphatic rings. The summed E-state index contributed by atoms with van der Waals surface area (Å²) in [7, 11) is 0. The molecule has 0 aliphatic heterocycles. The molecule has 0 radical (unpaired) electrons. The molecule has 0 heterocycles. The van der Waals surface area contributed by atoms with Crippen LogP contribution in [0, 0.1) is 0 Å². The van der Waals surface area contributed by atoms with Gasteiger partial charge in [0.25, 0.3) is 0 Å². The number of allylic oxidation sites excluding steroid dienone is 1. The summed E-state index contributed by atoms with van der Waals surface area (Å²) in [6.45, 7) is 0. The maximum Gasteiger partial charge on any atom is 0.186 e. The first-order valence-corrected chi connectivity index (χ1v) is 6.60. The molecule has 20 heavy (non-hydrogen) atoms. The third-order valence-electron chi connectivity index (χ3n) is 3.28. The van der Waals surface area contributed by atoms with Gasteiger partial charge in [-0.3, -0.25) is 4.79 Å². The topological polar surface area (TPSA) is 17.1 Å². The lowest BCUT2D eigenvalue weighted by atomic mass is 10.0. The minimum atomic E-state index is 0.0330. The molecule has 0 atom stereocenters. The van der Waals surface area contributed by atoms with Gasteiger partial charge in [0.15, 0.2) is 5.78 Å². The van der Waals surface area contributed by atoms with E-state index in [1.54, 1.807) is 6.08 Å². The molecule has 3 aromatic carbocycles.